The van der Waals surface area contributed by atoms with Gasteiger partial charge >= 0.3 is 0 Å². The lowest BCUT2D eigenvalue weighted by Crippen LogP contribution is -2.16. The van der Waals surface area contributed by atoms with Gasteiger partial charge < -0.3 is 18.8 Å². The summed E-state index contributed by atoms with van der Waals surface area (Å²) in [6, 6.07) is 14.0. The van der Waals surface area contributed by atoms with E-state index >= 15 is 0 Å². The molecule has 164 valence electrons. The number of hydrogen-bond donors (Lipinski definition) is 0. The van der Waals surface area contributed by atoms with E-state index < -0.39 is 0 Å². The molecule has 4 rings (SSSR count). The zero-order valence-electron chi connectivity index (χ0n) is 17.9. The molecule has 0 aliphatic rings. The standard InChI is InChI=1S/C24H22FN3O3S/c1-29-21-11-17(12-22(30-2)23(21)31-3)20-15-32-24(27-19-5-4-10-26-13-19)28(20)14-16-6-8-18(25)9-7-16/h4-13,15H,14H2,1-3H3. The van der Waals surface area contributed by atoms with Crippen molar-refractivity contribution < 1.29 is 18.6 Å². The quantitative estimate of drug-likeness (QED) is 0.394. The van der Waals surface area contributed by atoms with Crippen molar-refractivity contribution in [3.8, 4) is 28.5 Å². The highest BCUT2D eigenvalue weighted by atomic mass is 32.1. The highest BCUT2D eigenvalue weighted by Crippen LogP contribution is 2.41. The maximum Gasteiger partial charge on any atom is 0.203 e. The summed E-state index contributed by atoms with van der Waals surface area (Å²) in [7, 11) is 4.75. The zero-order chi connectivity index (χ0) is 22.5. The fraction of sp³-hybridized carbons (Fsp3) is 0.167. The van der Waals surface area contributed by atoms with Crippen molar-refractivity contribution in [2.24, 2.45) is 4.99 Å². The van der Waals surface area contributed by atoms with Crippen molar-refractivity contribution in [2.45, 2.75) is 6.54 Å². The van der Waals surface area contributed by atoms with Crippen molar-refractivity contribution >= 4 is 17.0 Å². The average Bonchev–Trinajstić information content (AvgIpc) is 3.22. The van der Waals surface area contributed by atoms with E-state index in [0.29, 0.717) is 23.8 Å². The fourth-order valence-corrected chi connectivity index (χ4v) is 4.26. The summed E-state index contributed by atoms with van der Waals surface area (Å²) in [4.78, 5) is 9.71. The molecule has 0 aliphatic carbocycles. The molecule has 2 heterocycles. The van der Waals surface area contributed by atoms with Crippen LogP contribution < -0.4 is 19.0 Å². The van der Waals surface area contributed by atoms with Crippen molar-refractivity contribution in [2.75, 3.05) is 21.3 Å². The number of rotatable bonds is 7. The van der Waals surface area contributed by atoms with Crippen molar-refractivity contribution in [3.05, 3.63) is 82.5 Å². The Bertz CT molecular complexity index is 1240. The van der Waals surface area contributed by atoms with Gasteiger partial charge in [-0.15, -0.1) is 11.3 Å². The lowest BCUT2D eigenvalue weighted by atomic mass is 10.1. The number of aromatic nitrogens is 2. The normalized spacial score (nSPS) is 11.4. The third kappa shape index (κ3) is 4.50. The highest BCUT2D eigenvalue weighted by Gasteiger charge is 2.17. The number of pyridine rings is 1. The molecule has 0 N–H and O–H groups in total. The van der Waals surface area contributed by atoms with E-state index in [4.69, 9.17) is 19.2 Å². The van der Waals surface area contributed by atoms with E-state index in [0.717, 1.165) is 27.3 Å². The first kappa shape index (κ1) is 21.6. The number of nitrogens with zero attached hydrogens (tertiary/aromatic N) is 3. The second-order valence-corrected chi connectivity index (χ2v) is 7.69. The van der Waals surface area contributed by atoms with Crippen LogP contribution in [0.15, 0.2) is 71.3 Å². The molecule has 0 spiro atoms. The smallest absolute Gasteiger partial charge is 0.203 e. The van der Waals surface area contributed by atoms with E-state index in [9.17, 15) is 4.39 Å². The monoisotopic (exact) mass is 451 g/mol. The Morgan fingerprint density at radius 3 is 2.31 bits per heavy atom. The van der Waals surface area contributed by atoms with Crippen LogP contribution in [-0.2, 0) is 6.54 Å². The molecule has 2 aromatic carbocycles. The second kappa shape index (κ2) is 9.65. The maximum atomic E-state index is 13.4. The molecule has 0 fully saturated rings. The van der Waals surface area contributed by atoms with Gasteiger partial charge in [-0.05, 0) is 42.0 Å². The molecule has 0 radical (unpaired) electrons. The van der Waals surface area contributed by atoms with Crippen LogP contribution in [0.5, 0.6) is 17.2 Å². The van der Waals surface area contributed by atoms with E-state index in [2.05, 4.69) is 9.55 Å². The van der Waals surface area contributed by atoms with Crippen LogP contribution in [0.25, 0.3) is 11.3 Å². The molecule has 0 saturated carbocycles. The highest BCUT2D eigenvalue weighted by molar-refractivity contribution is 7.07. The first-order valence-corrected chi connectivity index (χ1v) is 10.7. The summed E-state index contributed by atoms with van der Waals surface area (Å²) >= 11 is 1.51. The van der Waals surface area contributed by atoms with Gasteiger partial charge in [0, 0.05) is 17.1 Å². The van der Waals surface area contributed by atoms with E-state index in [-0.39, 0.29) is 5.82 Å². The number of benzene rings is 2. The number of thiazole rings is 1. The number of ether oxygens (including phenoxy) is 3. The Hall–Kier alpha value is -3.65. The van der Waals surface area contributed by atoms with Gasteiger partial charge in [-0.25, -0.2) is 9.38 Å². The molecule has 4 aromatic rings. The Morgan fingerprint density at radius 1 is 1.00 bits per heavy atom. The third-order valence-corrected chi connectivity index (χ3v) is 5.75. The molecule has 0 unspecified atom stereocenters. The fourth-order valence-electron chi connectivity index (χ4n) is 3.33. The molecule has 0 aliphatic heterocycles. The van der Waals surface area contributed by atoms with Gasteiger partial charge in [0.15, 0.2) is 16.3 Å². The molecule has 0 bridgehead atoms. The zero-order valence-corrected chi connectivity index (χ0v) is 18.7. The third-order valence-electron chi connectivity index (χ3n) is 4.88. The van der Waals surface area contributed by atoms with Gasteiger partial charge in [-0.1, -0.05) is 12.1 Å². The summed E-state index contributed by atoms with van der Waals surface area (Å²) in [6.07, 6.45) is 3.42. The molecule has 0 saturated heterocycles. The van der Waals surface area contributed by atoms with Gasteiger partial charge in [0.1, 0.15) is 5.82 Å². The van der Waals surface area contributed by atoms with Gasteiger partial charge in [0.25, 0.3) is 0 Å². The van der Waals surface area contributed by atoms with Gasteiger partial charge in [0.05, 0.1) is 45.5 Å². The predicted molar refractivity (Wildman–Crippen MR) is 122 cm³/mol. The minimum Gasteiger partial charge on any atom is -0.493 e. The van der Waals surface area contributed by atoms with Gasteiger partial charge in [-0.2, -0.15) is 0 Å². The van der Waals surface area contributed by atoms with Crippen LogP contribution in [0.2, 0.25) is 0 Å². The topological polar surface area (TPSA) is 57.9 Å². The Kier molecular flexibility index (Phi) is 6.51. The number of halogens is 1. The van der Waals surface area contributed by atoms with E-state index in [1.807, 2.05) is 29.6 Å². The first-order valence-electron chi connectivity index (χ1n) is 9.81. The van der Waals surface area contributed by atoms with Gasteiger partial charge in [0.2, 0.25) is 5.75 Å². The predicted octanol–water partition coefficient (Wildman–Crippen LogP) is 5.06. The Labute approximate surface area is 189 Å². The number of hydrogen-bond acceptors (Lipinski definition) is 6. The summed E-state index contributed by atoms with van der Waals surface area (Å²) in [5.41, 5.74) is 3.50. The minimum absolute atomic E-state index is 0.269. The molecule has 8 heteroatoms. The van der Waals surface area contributed by atoms with Crippen LogP contribution in [0.3, 0.4) is 0 Å². The Morgan fingerprint density at radius 2 is 1.72 bits per heavy atom. The molecule has 6 nitrogen and oxygen atoms in total. The van der Waals surface area contributed by atoms with Crippen LogP contribution in [0.1, 0.15) is 5.56 Å². The summed E-state index contributed by atoms with van der Waals surface area (Å²) in [5.74, 6) is 1.38. The largest absolute Gasteiger partial charge is 0.493 e. The lowest BCUT2D eigenvalue weighted by molar-refractivity contribution is 0.324. The van der Waals surface area contributed by atoms with Crippen molar-refractivity contribution in [1.29, 1.82) is 0 Å². The van der Waals surface area contributed by atoms with Crippen LogP contribution in [-0.4, -0.2) is 30.9 Å². The van der Waals surface area contributed by atoms with E-state index in [1.165, 1.54) is 23.5 Å². The summed E-state index contributed by atoms with van der Waals surface area (Å²) in [5, 5.41) is 2.03. The first-order chi connectivity index (χ1) is 15.6. The number of methoxy groups -OCH3 is 3. The Balaban J connectivity index is 1.89. The van der Waals surface area contributed by atoms with Crippen molar-refractivity contribution in [1.82, 2.24) is 9.55 Å². The summed E-state index contributed by atoms with van der Waals surface area (Å²) < 4.78 is 32.0. The second-order valence-electron chi connectivity index (χ2n) is 6.85. The molecule has 0 atom stereocenters. The summed E-state index contributed by atoms with van der Waals surface area (Å²) in [6.45, 7) is 0.509. The van der Waals surface area contributed by atoms with E-state index in [1.54, 1.807) is 45.9 Å². The molecule has 32 heavy (non-hydrogen) atoms. The molecular formula is C24H22FN3O3S. The minimum atomic E-state index is -0.269. The van der Waals surface area contributed by atoms with Crippen LogP contribution in [0.4, 0.5) is 10.1 Å². The van der Waals surface area contributed by atoms with Crippen molar-refractivity contribution in [3.63, 3.8) is 0 Å². The molecule has 0 amide bonds. The lowest BCUT2D eigenvalue weighted by Gasteiger charge is -2.15. The average molecular weight is 452 g/mol. The molecular weight excluding hydrogens is 429 g/mol. The van der Waals surface area contributed by atoms with Crippen LogP contribution in [0, 0.1) is 5.82 Å². The SMILES string of the molecule is COc1cc(-c2csc(=Nc3cccnc3)n2Cc2ccc(F)cc2)cc(OC)c1OC. The van der Waals surface area contributed by atoms with Crippen LogP contribution >= 0.6 is 11.3 Å². The molecule has 2 aromatic heterocycles. The van der Waals surface area contributed by atoms with Gasteiger partial charge in [-0.3, -0.25) is 4.98 Å². The maximum absolute atomic E-state index is 13.4.